The van der Waals surface area contributed by atoms with Crippen LogP contribution < -0.4 is 5.32 Å². The van der Waals surface area contributed by atoms with Gasteiger partial charge in [-0.05, 0) is 51.0 Å². The molecule has 1 unspecified atom stereocenters. The van der Waals surface area contributed by atoms with E-state index in [4.69, 9.17) is 0 Å². The van der Waals surface area contributed by atoms with Gasteiger partial charge in [-0.25, -0.2) is 12.7 Å². The molecule has 0 aromatic carbocycles. The first-order valence-corrected chi connectivity index (χ1v) is 9.38. The van der Waals surface area contributed by atoms with Gasteiger partial charge in [-0.3, -0.25) is 0 Å². The van der Waals surface area contributed by atoms with Crippen molar-refractivity contribution in [1.82, 2.24) is 9.62 Å². The summed E-state index contributed by atoms with van der Waals surface area (Å²) in [5, 5.41) is 2.85. The predicted molar refractivity (Wildman–Crippen MR) is 85.3 cm³/mol. The van der Waals surface area contributed by atoms with Gasteiger partial charge in [0, 0.05) is 19.6 Å². The molecule has 1 rings (SSSR count). The Kier molecular flexibility index (Phi) is 6.48. The molecule has 0 aromatic rings. The van der Waals surface area contributed by atoms with E-state index in [9.17, 15) is 8.42 Å². The van der Waals surface area contributed by atoms with Crippen LogP contribution in [-0.4, -0.2) is 44.2 Å². The van der Waals surface area contributed by atoms with E-state index in [0.29, 0.717) is 12.0 Å². The molecular weight excluding hydrogens is 272 g/mol. The summed E-state index contributed by atoms with van der Waals surface area (Å²) in [4.78, 5) is 0. The summed E-state index contributed by atoms with van der Waals surface area (Å²) >= 11 is 0. The predicted octanol–water partition coefficient (Wildman–Crippen LogP) is 2.60. The molecule has 1 fully saturated rings. The van der Waals surface area contributed by atoms with E-state index in [0.717, 1.165) is 38.6 Å². The van der Waals surface area contributed by atoms with Crippen molar-refractivity contribution in [3.63, 3.8) is 0 Å². The lowest BCUT2D eigenvalue weighted by atomic mass is 9.76. The quantitative estimate of drug-likeness (QED) is 0.736. The first-order chi connectivity index (χ1) is 9.20. The van der Waals surface area contributed by atoms with Crippen LogP contribution in [0.15, 0.2) is 0 Å². The van der Waals surface area contributed by atoms with Crippen LogP contribution in [0, 0.1) is 5.41 Å². The summed E-state index contributed by atoms with van der Waals surface area (Å²) in [5.74, 6) is 0. The molecule has 0 radical (unpaired) electrons. The number of nitrogens with one attached hydrogen (secondary N) is 1. The number of sulfonamides is 1. The molecule has 0 spiro atoms. The molecule has 1 N–H and O–H groups in total. The van der Waals surface area contributed by atoms with Crippen LogP contribution in [0.4, 0.5) is 0 Å². The van der Waals surface area contributed by atoms with Crippen molar-refractivity contribution in [1.29, 1.82) is 0 Å². The second-order valence-electron chi connectivity index (χ2n) is 6.97. The number of rotatable bonds is 7. The highest BCUT2D eigenvalue weighted by molar-refractivity contribution is 7.89. The van der Waals surface area contributed by atoms with Crippen LogP contribution in [0.25, 0.3) is 0 Å². The van der Waals surface area contributed by atoms with Gasteiger partial charge in [-0.15, -0.1) is 0 Å². The van der Waals surface area contributed by atoms with E-state index in [-0.39, 0.29) is 11.3 Å². The number of hydrogen-bond acceptors (Lipinski definition) is 3. The van der Waals surface area contributed by atoms with Crippen molar-refractivity contribution in [2.45, 2.75) is 71.1 Å². The van der Waals surface area contributed by atoms with Gasteiger partial charge in [0.1, 0.15) is 0 Å². The highest BCUT2D eigenvalue weighted by atomic mass is 32.2. The molecule has 120 valence electrons. The van der Waals surface area contributed by atoms with E-state index in [1.54, 1.807) is 18.3 Å². The first-order valence-electron chi connectivity index (χ1n) is 7.88. The SMILES string of the molecule is CCCNCC(C)S(=O)(=O)N(C)C1CCC(C)(C)CC1. The highest BCUT2D eigenvalue weighted by Crippen LogP contribution is 2.37. The van der Waals surface area contributed by atoms with Gasteiger partial charge in [0.05, 0.1) is 5.25 Å². The van der Waals surface area contributed by atoms with Gasteiger partial charge in [-0.1, -0.05) is 20.8 Å². The normalized spacial score (nSPS) is 22.1. The van der Waals surface area contributed by atoms with Crippen LogP contribution >= 0.6 is 0 Å². The van der Waals surface area contributed by atoms with Crippen molar-refractivity contribution in [3.05, 3.63) is 0 Å². The van der Waals surface area contributed by atoms with Gasteiger partial charge >= 0.3 is 0 Å². The fraction of sp³-hybridized carbons (Fsp3) is 1.00. The highest BCUT2D eigenvalue weighted by Gasteiger charge is 2.35. The second kappa shape index (κ2) is 7.23. The van der Waals surface area contributed by atoms with Gasteiger partial charge < -0.3 is 5.32 Å². The van der Waals surface area contributed by atoms with Crippen molar-refractivity contribution >= 4 is 10.0 Å². The molecule has 0 amide bonds. The van der Waals surface area contributed by atoms with Crippen LogP contribution in [-0.2, 0) is 10.0 Å². The van der Waals surface area contributed by atoms with Crippen LogP contribution in [0.2, 0.25) is 0 Å². The summed E-state index contributed by atoms with van der Waals surface area (Å²) in [6.07, 6.45) is 5.22. The molecule has 1 saturated carbocycles. The van der Waals surface area contributed by atoms with Crippen molar-refractivity contribution in [2.75, 3.05) is 20.1 Å². The zero-order valence-corrected chi connectivity index (χ0v) is 14.6. The molecule has 20 heavy (non-hydrogen) atoms. The van der Waals surface area contributed by atoms with Gasteiger partial charge in [0.2, 0.25) is 10.0 Å². The lowest BCUT2D eigenvalue weighted by molar-refractivity contribution is 0.173. The Balaban J connectivity index is 2.58. The molecule has 0 aromatic heterocycles. The monoisotopic (exact) mass is 304 g/mol. The van der Waals surface area contributed by atoms with Gasteiger partial charge in [-0.2, -0.15) is 0 Å². The maximum Gasteiger partial charge on any atom is 0.217 e. The Morgan fingerprint density at radius 2 is 1.85 bits per heavy atom. The van der Waals surface area contributed by atoms with Crippen molar-refractivity contribution in [2.24, 2.45) is 5.41 Å². The summed E-state index contributed by atoms with van der Waals surface area (Å²) in [6.45, 7) is 9.85. The number of hydrogen-bond donors (Lipinski definition) is 1. The van der Waals surface area contributed by atoms with E-state index in [1.165, 1.54) is 0 Å². The molecule has 1 aliphatic rings. The zero-order valence-electron chi connectivity index (χ0n) is 13.8. The fourth-order valence-electron chi connectivity index (χ4n) is 2.83. The molecule has 5 heteroatoms. The average molecular weight is 305 g/mol. The molecule has 0 bridgehead atoms. The van der Waals surface area contributed by atoms with Crippen molar-refractivity contribution < 1.29 is 8.42 Å². The third-order valence-corrected chi connectivity index (χ3v) is 6.88. The Bertz CT molecular complexity index is 383. The number of nitrogens with zero attached hydrogens (tertiary/aromatic N) is 1. The molecule has 0 saturated heterocycles. The molecular formula is C15H32N2O2S. The van der Waals surface area contributed by atoms with Gasteiger partial charge in [0.25, 0.3) is 0 Å². The van der Waals surface area contributed by atoms with E-state index >= 15 is 0 Å². The maximum atomic E-state index is 12.6. The third-order valence-electron chi connectivity index (χ3n) is 4.59. The minimum atomic E-state index is -3.19. The Labute approximate surface area is 125 Å². The topological polar surface area (TPSA) is 49.4 Å². The summed E-state index contributed by atoms with van der Waals surface area (Å²) in [7, 11) is -1.43. The largest absolute Gasteiger partial charge is 0.315 e. The Hall–Kier alpha value is -0.130. The minimum absolute atomic E-state index is 0.182. The summed E-state index contributed by atoms with van der Waals surface area (Å²) in [6, 6.07) is 0.182. The molecule has 4 nitrogen and oxygen atoms in total. The fourth-order valence-corrected chi connectivity index (χ4v) is 4.35. The zero-order chi connectivity index (χ0) is 15.4. The van der Waals surface area contributed by atoms with E-state index in [1.807, 2.05) is 0 Å². The van der Waals surface area contributed by atoms with E-state index < -0.39 is 10.0 Å². The Morgan fingerprint density at radius 3 is 2.35 bits per heavy atom. The van der Waals surface area contributed by atoms with Crippen molar-refractivity contribution in [3.8, 4) is 0 Å². The third kappa shape index (κ3) is 4.71. The lowest BCUT2D eigenvalue weighted by Gasteiger charge is -2.38. The molecule has 0 aliphatic heterocycles. The summed E-state index contributed by atoms with van der Waals surface area (Å²) < 4.78 is 26.8. The maximum absolute atomic E-state index is 12.6. The van der Waals surface area contributed by atoms with E-state index in [2.05, 4.69) is 26.1 Å². The summed E-state index contributed by atoms with van der Waals surface area (Å²) in [5.41, 5.74) is 0.370. The second-order valence-corrected chi connectivity index (χ2v) is 9.38. The van der Waals surface area contributed by atoms with Crippen LogP contribution in [0.1, 0.15) is 59.8 Å². The van der Waals surface area contributed by atoms with Crippen LogP contribution in [0.3, 0.4) is 0 Å². The Morgan fingerprint density at radius 1 is 1.30 bits per heavy atom. The molecule has 1 atom stereocenters. The molecule has 1 aliphatic carbocycles. The van der Waals surface area contributed by atoms with Gasteiger partial charge in [0.15, 0.2) is 0 Å². The van der Waals surface area contributed by atoms with Crippen LogP contribution in [0.5, 0.6) is 0 Å². The smallest absolute Gasteiger partial charge is 0.217 e. The standard InChI is InChI=1S/C15H32N2O2S/c1-6-11-16-12-13(2)20(18,19)17(5)14-7-9-15(3,4)10-8-14/h13-14,16H,6-12H2,1-5H3. The first kappa shape index (κ1) is 17.9. The lowest BCUT2D eigenvalue weighted by Crippen LogP contribution is -2.46. The minimum Gasteiger partial charge on any atom is -0.315 e. The average Bonchev–Trinajstić information content (AvgIpc) is 2.38. The molecule has 0 heterocycles.